The molecule has 1 aromatic carbocycles. The van der Waals surface area contributed by atoms with E-state index in [1.165, 1.54) is 0 Å². The van der Waals surface area contributed by atoms with Crippen molar-refractivity contribution in [2.24, 2.45) is 5.92 Å². The van der Waals surface area contributed by atoms with Crippen LogP contribution >= 0.6 is 0 Å². The van der Waals surface area contributed by atoms with Crippen LogP contribution in [0.25, 0.3) is 0 Å². The van der Waals surface area contributed by atoms with Crippen molar-refractivity contribution in [3.63, 3.8) is 0 Å². The zero-order valence-corrected chi connectivity index (χ0v) is 9.36. The van der Waals surface area contributed by atoms with Crippen LogP contribution in [-0.4, -0.2) is 20.6 Å². The molecule has 4 heteroatoms. The van der Waals surface area contributed by atoms with Crippen LogP contribution in [0.2, 0.25) is 0 Å². The van der Waals surface area contributed by atoms with Gasteiger partial charge in [-0.25, -0.2) is 4.98 Å². The highest BCUT2D eigenvalue weighted by molar-refractivity contribution is 5.70. The van der Waals surface area contributed by atoms with Crippen molar-refractivity contribution in [2.75, 3.05) is 0 Å². The number of carbonyl (C=O) groups is 1. The molecular formula is C13H14N2O2. The molecule has 0 fully saturated rings. The molecule has 4 nitrogen and oxygen atoms in total. The second kappa shape index (κ2) is 5.30. The molecular weight excluding hydrogens is 216 g/mol. The standard InChI is InChI=1S/C13H14N2O2/c16-13(17)12(9-15-7-6-14-10-15)8-11-4-2-1-3-5-11/h1-7,10,12H,8-9H2,(H,16,17). The van der Waals surface area contributed by atoms with Gasteiger partial charge in [0.1, 0.15) is 0 Å². The Morgan fingerprint density at radius 2 is 2.12 bits per heavy atom. The number of aromatic nitrogens is 2. The third-order valence-electron chi connectivity index (χ3n) is 2.66. The van der Waals surface area contributed by atoms with Crippen molar-refractivity contribution in [1.29, 1.82) is 0 Å². The summed E-state index contributed by atoms with van der Waals surface area (Å²) in [7, 11) is 0. The second-order valence-corrected chi connectivity index (χ2v) is 3.98. The molecule has 0 saturated heterocycles. The summed E-state index contributed by atoms with van der Waals surface area (Å²) in [6.07, 6.45) is 5.61. The van der Waals surface area contributed by atoms with E-state index in [4.69, 9.17) is 0 Å². The van der Waals surface area contributed by atoms with E-state index in [-0.39, 0.29) is 0 Å². The highest BCUT2D eigenvalue weighted by Crippen LogP contribution is 2.11. The van der Waals surface area contributed by atoms with Gasteiger partial charge < -0.3 is 9.67 Å². The quantitative estimate of drug-likeness (QED) is 0.852. The van der Waals surface area contributed by atoms with Gasteiger partial charge in [0.05, 0.1) is 12.2 Å². The van der Waals surface area contributed by atoms with Crippen molar-refractivity contribution in [2.45, 2.75) is 13.0 Å². The Labute approximate surface area is 99.5 Å². The number of hydrogen-bond acceptors (Lipinski definition) is 2. The Hall–Kier alpha value is -2.10. The first kappa shape index (κ1) is 11.4. The fraction of sp³-hybridized carbons (Fsp3) is 0.231. The van der Waals surface area contributed by atoms with Crippen molar-refractivity contribution >= 4 is 5.97 Å². The van der Waals surface area contributed by atoms with Gasteiger partial charge in [0, 0.05) is 18.9 Å². The summed E-state index contributed by atoms with van der Waals surface area (Å²) in [4.78, 5) is 15.1. The van der Waals surface area contributed by atoms with Gasteiger partial charge in [0.15, 0.2) is 0 Å². The molecule has 2 rings (SSSR count). The number of aliphatic carboxylic acids is 1. The Bertz CT molecular complexity index is 465. The van der Waals surface area contributed by atoms with Crippen molar-refractivity contribution in [3.05, 3.63) is 54.6 Å². The summed E-state index contributed by atoms with van der Waals surface area (Å²) in [5, 5.41) is 9.20. The van der Waals surface area contributed by atoms with E-state index >= 15 is 0 Å². The van der Waals surface area contributed by atoms with Crippen LogP contribution in [0.15, 0.2) is 49.1 Å². The molecule has 1 N–H and O–H groups in total. The molecule has 1 heterocycles. The molecule has 0 bridgehead atoms. The van der Waals surface area contributed by atoms with E-state index in [1.807, 2.05) is 30.3 Å². The van der Waals surface area contributed by atoms with Crippen molar-refractivity contribution in [1.82, 2.24) is 9.55 Å². The highest BCUT2D eigenvalue weighted by atomic mass is 16.4. The van der Waals surface area contributed by atoms with Gasteiger partial charge in [-0.05, 0) is 12.0 Å². The number of nitrogens with zero attached hydrogens (tertiary/aromatic N) is 2. The van der Waals surface area contributed by atoms with Gasteiger partial charge in [-0.1, -0.05) is 30.3 Å². The van der Waals surface area contributed by atoms with Crippen LogP contribution in [0, 0.1) is 5.92 Å². The molecule has 0 aliphatic rings. The lowest BCUT2D eigenvalue weighted by Gasteiger charge is -2.12. The molecule has 0 aliphatic carbocycles. The lowest BCUT2D eigenvalue weighted by molar-refractivity contribution is -0.142. The molecule has 0 saturated carbocycles. The zero-order valence-electron chi connectivity index (χ0n) is 9.36. The lowest BCUT2D eigenvalue weighted by Crippen LogP contribution is -2.21. The van der Waals surface area contributed by atoms with Gasteiger partial charge >= 0.3 is 5.97 Å². The maximum Gasteiger partial charge on any atom is 0.308 e. The molecule has 0 radical (unpaired) electrons. The number of hydrogen-bond donors (Lipinski definition) is 1. The topological polar surface area (TPSA) is 55.1 Å². The van der Waals surface area contributed by atoms with Gasteiger partial charge in [-0.15, -0.1) is 0 Å². The molecule has 0 aliphatic heterocycles. The highest BCUT2D eigenvalue weighted by Gasteiger charge is 2.18. The summed E-state index contributed by atoms with van der Waals surface area (Å²) < 4.78 is 1.79. The summed E-state index contributed by atoms with van der Waals surface area (Å²) in [5.41, 5.74) is 1.04. The van der Waals surface area contributed by atoms with Gasteiger partial charge in [-0.3, -0.25) is 4.79 Å². The third-order valence-corrected chi connectivity index (χ3v) is 2.66. The van der Waals surface area contributed by atoms with Crippen LogP contribution < -0.4 is 0 Å². The Morgan fingerprint density at radius 3 is 2.71 bits per heavy atom. The average Bonchev–Trinajstić information content (AvgIpc) is 2.82. The van der Waals surface area contributed by atoms with E-state index < -0.39 is 11.9 Å². The van der Waals surface area contributed by atoms with Gasteiger partial charge in [0.25, 0.3) is 0 Å². The van der Waals surface area contributed by atoms with Crippen molar-refractivity contribution in [3.8, 4) is 0 Å². The number of imidazole rings is 1. The summed E-state index contributed by atoms with van der Waals surface area (Å²) in [6.45, 7) is 0.449. The molecule has 88 valence electrons. The predicted molar refractivity (Wildman–Crippen MR) is 63.5 cm³/mol. The van der Waals surface area contributed by atoms with Crippen LogP contribution in [-0.2, 0) is 17.8 Å². The molecule has 1 unspecified atom stereocenters. The summed E-state index contributed by atoms with van der Waals surface area (Å²) in [6, 6.07) is 9.67. The first-order valence-electron chi connectivity index (χ1n) is 5.48. The van der Waals surface area contributed by atoms with Crippen LogP contribution in [0.5, 0.6) is 0 Å². The molecule has 17 heavy (non-hydrogen) atoms. The second-order valence-electron chi connectivity index (χ2n) is 3.98. The summed E-state index contributed by atoms with van der Waals surface area (Å²) >= 11 is 0. The van der Waals surface area contributed by atoms with E-state index in [1.54, 1.807) is 23.3 Å². The van der Waals surface area contributed by atoms with E-state index in [9.17, 15) is 9.90 Å². The number of carboxylic acid groups (broad SMARTS) is 1. The maximum atomic E-state index is 11.2. The van der Waals surface area contributed by atoms with Crippen LogP contribution in [0.3, 0.4) is 0 Å². The first-order chi connectivity index (χ1) is 8.25. The molecule has 2 aromatic rings. The first-order valence-corrected chi connectivity index (χ1v) is 5.48. The van der Waals surface area contributed by atoms with E-state index in [0.717, 1.165) is 5.56 Å². The normalized spacial score (nSPS) is 12.2. The Balaban J connectivity index is 2.06. The van der Waals surface area contributed by atoms with Crippen LogP contribution in [0.1, 0.15) is 5.56 Å². The van der Waals surface area contributed by atoms with Gasteiger partial charge in [0.2, 0.25) is 0 Å². The minimum Gasteiger partial charge on any atom is -0.481 e. The average molecular weight is 230 g/mol. The van der Waals surface area contributed by atoms with Gasteiger partial charge in [-0.2, -0.15) is 0 Å². The maximum absolute atomic E-state index is 11.2. The SMILES string of the molecule is O=C(O)C(Cc1ccccc1)Cn1ccnc1. The molecule has 0 spiro atoms. The number of carboxylic acids is 1. The smallest absolute Gasteiger partial charge is 0.308 e. The number of benzene rings is 1. The van der Waals surface area contributed by atoms with Crippen LogP contribution in [0.4, 0.5) is 0 Å². The molecule has 0 amide bonds. The zero-order chi connectivity index (χ0) is 12.1. The Morgan fingerprint density at radius 1 is 1.35 bits per heavy atom. The van der Waals surface area contributed by atoms with E-state index in [2.05, 4.69) is 4.98 Å². The minimum absolute atomic E-state index is 0.424. The third kappa shape index (κ3) is 3.17. The molecule has 1 atom stereocenters. The monoisotopic (exact) mass is 230 g/mol. The fourth-order valence-corrected chi connectivity index (χ4v) is 1.78. The largest absolute Gasteiger partial charge is 0.481 e. The number of rotatable bonds is 5. The fourth-order valence-electron chi connectivity index (χ4n) is 1.78. The van der Waals surface area contributed by atoms with E-state index in [0.29, 0.717) is 13.0 Å². The van der Waals surface area contributed by atoms with Crippen molar-refractivity contribution < 1.29 is 9.90 Å². The Kier molecular flexibility index (Phi) is 3.55. The molecule has 1 aromatic heterocycles. The lowest BCUT2D eigenvalue weighted by atomic mass is 9.99. The predicted octanol–water partition coefficient (Wildman–Crippen LogP) is 1.83. The minimum atomic E-state index is -0.775. The summed E-state index contributed by atoms with van der Waals surface area (Å²) in [5.74, 6) is -1.20.